The van der Waals surface area contributed by atoms with Gasteiger partial charge in [-0.3, -0.25) is 24.0 Å². The Morgan fingerprint density at radius 1 is 0.844 bits per heavy atom. The van der Waals surface area contributed by atoms with Crippen molar-refractivity contribution in [2.45, 2.75) is 234 Å². The van der Waals surface area contributed by atoms with Gasteiger partial charge in [-0.2, -0.15) is 0 Å². The van der Waals surface area contributed by atoms with Gasteiger partial charge in [-0.25, -0.2) is 0 Å². The standard InChI is InChI=1S/C59H86N4O14/c1-9-59-31-58(20-19-43-22-33(3)47(73-43)17-15-41-21-32(2)34(4)35(5)71-41)27-45-53-48(75-55(54(45)76-59)56(59)77-58)18-16-42(74-53)24-39(65)25-44-36(6)72-49(52(44)70-8)26-40(66)28-61-50(67)29-62-57(69)46(23-38-13-11-10-12-14-38)63-51(68)30-60-37(7)64/h10-14,32,35-36,40-49,52-56,66H,3-4,9,15-31H2,1-2,5-8H3,(H,60,64)(H,61,67)(H,62,69)(H,63,68)/t32-,35-,36+,40+,41+,42-,43+,44+,45+,46+,47+,48+,49-,52-,53-,54?,55?,56-,58+,59-/m1/s1. The molecular formula is C59H86N4O14. The van der Waals surface area contributed by atoms with Crippen molar-refractivity contribution in [2.24, 2.45) is 17.8 Å². The number of hydrogen-bond acceptors (Lipinski definition) is 14. The van der Waals surface area contributed by atoms with Crippen molar-refractivity contribution < 1.29 is 67.0 Å². The summed E-state index contributed by atoms with van der Waals surface area (Å²) in [5.41, 5.74) is 2.35. The second kappa shape index (κ2) is 24.7. The Hall–Kier alpha value is -4.11. The van der Waals surface area contributed by atoms with Crippen molar-refractivity contribution in [1.29, 1.82) is 0 Å². The summed E-state index contributed by atoms with van der Waals surface area (Å²) >= 11 is 0. The molecule has 2 unspecified atom stereocenters. The van der Waals surface area contributed by atoms with Crippen LogP contribution in [-0.4, -0.2) is 164 Å². The molecule has 9 fully saturated rings. The maximum absolute atomic E-state index is 14.0. The van der Waals surface area contributed by atoms with Crippen LogP contribution in [0.4, 0.5) is 0 Å². The molecule has 18 nitrogen and oxygen atoms in total. The number of aliphatic hydroxyl groups is 1. The van der Waals surface area contributed by atoms with E-state index in [1.165, 1.54) is 18.1 Å². The number of carbonyl (C=O) groups is 5. The van der Waals surface area contributed by atoms with Crippen molar-refractivity contribution in [2.75, 3.05) is 26.7 Å². The van der Waals surface area contributed by atoms with Gasteiger partial charge in [0.05, 0.1) is 97.5 Å². The number of rotatable bonds is 24. The summed E-state index contributed by atoms with van der Waals surface area (Å²) in [6.45, 7) is 17.6. The van der Waals surface area contributed by atoms with Gasteiger partial charge in [0.15, 0.2) is 0 Å². The first kappa shape index (κ1) is 57.6. The zero-order valence-electron chi connectivity index (χ0n) is 46.2. The third-order valence-electron chi connectivity index (χ3n) is 18.4. The van der Waals surface area contributed by atoms with Crippen molar-refractivity contribution in [3.8, 4) is 0 Å². The molecular weight excluding hydrogens is 989 g/mol. The molecule has 1 aromatic carbocycles. The molecule has 0 aliphatic carbocycles. The zero-order chi connectivity index (χ0) is 54.8. The molecule has 77 heavy (non-hydrogen) atoms. The molecule has 9 heterocycles. The molecule has 4 amide bonds. The van der Waals surface area contributed by atoms with E-state index in [4.69, 9.17) is 37.9 Å². The van der Waals surface area contributed by atoms with Gasteiger partial charge >= 0.3 is 0 Å². The van der Waals surface area contributed by atoms with Crippen LogP contribution in [0.5, 0.6) is 0 Å². The van der Waals surface area contributed by atoms with Crippen LogP contribution in [0.2, 0.25) is 0 Å². The summed E-state index contributed by atoms with van der Waals surface area (Å²) in [5, 5.41) is 21.3. The topological polar surface area (TPSA) is 228 Å². The van der Waals surface area contributed by atoms with Crippen LogP contribution in [-0.2, 0) is 68.3 Å². The summed E-state index contributed by atoms with van der Waals surface area (Å²) in [6.07, 6.45) is 7.24. The number of amides is 4. The number of nitrogens with one attached hydrogen (secondary N) is 4. The number of methoxy groups -OCH3 is 1. The second-order valence-electron chi connectivity index (χ2n) is 23.9. The van der Waals surface area contributed by atoms with Crippen molar-refractivity contribution in [3.05, 3.63) is 60.2 Å². The summed E-state index contributed by atoms with van der Waals surface area (Å²) in [5.74, 6) is -1.75. The van der Waals surface area contributed by atoms with E-state index in [0.29, 0.717) is 12.3 Å². The fraction of sp³-hybridized carbons (Fsp3) is 0.746. The van der Waals surface area contributed by atoms with Gasteiger partial charge in [0.1, 0.15) is 24.0 Å². The third kappa shape index (κ3) is 13.2. The van der Waals surface area contributed by atoms with E-state index >= 15 is 0 Å². The highest BCUT2D eigenvalue weighted by Crippen LogP contribution is 2.62. The smallest absolute Gasteiger partial charge is 0.243 e. The van der Waals surface area contributed by atoms with Crippen LogP contribution in [0.3, 0.4) is 0 Å². The zero-order valence-corrected chi connectivity index (χ0v) is 46.2. The summed E-state index contributed by atoms with van der Waals surface area (Å²) in [7, 11) is 1.58. The van der Waals surface area contributed by atoms with Crippen LogP contribution in [0, 0.1) is 17.8 Å². The Morgan fingerprint density at radius 3 is 2.36 bits per heavy atom. The molecule has 9 aliphatic heterocycles. The van der Waals surface area contributed by atoms with Gasteiger partial charge in [-0.1, -0.05) is 57.3 Å². The number of fused-ring (bicyclic) bond motifs is 1. The number of Topliss-reactive ketones (excluding diaryl/α,β-unsaturated/α-hetero) is 1. The highest BCUT2D eigenvalue weighted by molar-refractivity contribution is 5.92. The predicted molar refractivity (Wildman–Crippen MR) is 283 cm³/mol. The maximum Gasteiger partial charge on any atom is 0.243 e. The quantitative estimate of drug-likeness (QED) is 0.0889. The molecule has 18 heteroatoms. The Morgan fingerprint density at radius 2 is 1.62 bits per heavy atom. The average molecular weight is 1080 g/mol. The fourth-order valence-electron chi connectivity index (χ4n) is 14.3. The number of ketones is 1. The van der Waals surface area contributed by atoms with Crippen LogP contribution in [0.1, 0.15) is 130 Å². The molecule has 10 rings (SSSR count). The lowest BCUT2D eigenvalue weighted by Crippen LogP contribution is -2.58. The fourth-order valence-corrected chi connectivity index (χ4v) is 14.3. The largest absolute Gasteiger partial charge is 0.391 e. The summed E-state index contributed by atoms with van der Waals surface area (Å²) in [6, 6.07) is 8.08. The Kier molecular flexibility index (Phi) is 18.5. The molecule has 20 atom stereocenters. The van der Waals surface area contributed by atoms with Gasteiger partial charge in [0.25, 0.3) is 0 Å². The van der Waals surface area contributed by atoms with E-state index in [0.717, 1.165) is 69.8 Å². The Bertz CT molecular complexity index is 2290. The molecule has 9 saturated heterocycles. The second-order valence-corrected chi connectivity index (χ2v) is 23.9. The van der Waals surface area contributed by atoms with E-state index in [2.05, 4.69) is 55.2 Å². The van der Waals surface area contributed by atoms with E-state index in [1.807, 2.05) is 37.3 Å². The van der Waals surface area contributed by atoms with E-state index in [-0.39, 0.29) is 135 Å². The molecule has 0 aromatic heterocycles. The van der Waals surface area contributed by atoms with Gasteiger partial charge in [-0.05, 0) is 101 Å². The number of hydrogen-bond donors (Lipinski definition) is 5. The minimum absolute atomic E-state index is 0.0339. The normalized spacial score (nSPS) is 38.6. The predicted octanol–water partition coefficient (Wildman–Crippen LogP) is 4.66. The number of aliphatic hydroxyl groups excluding tert-OH is 1. The molecule has 5 N–H and O–H groups in total. The van der Waals surface area contributed by atoms with E-state index < -0.39 is 54.2 Å². The molecule has 6 bridgehead atoms. The summed E-state index contributed by atoms with van der Waals surface area (Å²) in [4.78, 5) is 63.9. The lowest BCUT2D eigenvalue weighted by Gasteiger charge is -2.48. The van der Waals surface area contributed by atoms with Gasteiger partial charge in [0, 0.05) is 64.5 Å². The molecule has 9 aliphatic rings. The van der Waals surface area contributed by atoms with Crippen LogP contribution in [0.25, 0.3) is 0 Å². The first-order valence-electron chi connectivity index (χ1n) is 28.7. The molecule has 0 saturated carbocycles. The lowest BCUT2D eigenvalue weighted by atomic mass is 9.71. The maximum atomic E-state index is 14.0. The number of benzene rings is 1. The lowest BCUT2D eigenvalue weighted by molar-refractivity contribution is -0.238. The molecule has 426 valence electrons. The van der Waals surface area contributed by atoms with Crippen molar-refractivity contribution in [3.63, 3.8) is 0 Å². The van der Waals surface area contributed by atoms with E-state index in [9.17, 15) is 29.1 Å². The highest BCUT2D eigenvalue weighted by atomic mass is 16.7. The molecule has 0 spiro atoms. The minimum atomic E-state index is -1.01. The van der Waals surface area contributed by atoms with Gasteiger partial charge in [0.2, 0.25) is 23.6 Å². The van der Waals surface area contributed by atoms with Crippen LogP contribution in [0.15, 0.2) is 54.6 Å². The average Bonchev–Trinajstić information content (AvgIpc) is 4.23. The Balaban J connectivity index is 0.734. The van der Waals surface area contributed by atoms with Crippen LogP contribution >= 0.6 is 0 Å². The Labute approximate surface area is 454 Å². The highest BCUT2D eigenvalue weighted by Gasteiger charge is 2.72. The number of ether oxygens (including phenoxy) is 8. The SMILES string of the molecule is C=C1C[C@H](CC[C@]23C[C@@H]4C5O[C@](CC)(C2)[C@H](O3)C5O[C@H]2CC[C@H](CC(=O)C[C@@H]3[C@@H](OC)[C@@H](C[C@H](O)CNC(=O)CNC(=O)[C@H](Cc5ccccc5)NC(=O)CNC(C)=O)O[C@H]3C)O[C@@H]24)O[C@H]1CC[C@H]1C[C@@H](C)C(=C)[C@@H](C)O1. The third-order valence-corrected chi connectivity index (χ3v) is 18.4. The van der Waals surface area contributed by atoms with Crippen molar-refractivity contribution >= 4 is 29.4 Å². The van der Waals surface area contributed by atoms with Crippen LogP contribution < -0.4 is 21.3 Å². The van der Waals surface area contributed by atoms with Crippen molar-refractivity contribution in [1.82, 2.24) is 21.3 Å². The van der Waals surface area contributed by atoms with Gasteiger partial charge in [-0.15, -0.1) is 0 Å². The first-order valence-corrected chi connectivity index (χ1v) is 28.7. The monoisotopic (exact) mass is 1070 g/mol. The van der Waals surface area contributed by atoms with Gasteiger partial charge < -0.3 is 64.3 Å². The summed E-state index contributed by atoms with van der Waals surface area (Å²) < 4.78 is 53.5. The molecule has 1 aromatic rings. The first-order chi connectivity index (χ1) is 36.8. The minimum Gasteiger partial charge on any atom is -0.391 e. The van der Waals surface area contributed by atoms with E-state index in [1.54, 1.807) is 7.11 Å². The molecule has 0 radical (unpaired) electrons. The number of carbonyl (C=O) groups excluding carboxylic acids is 5.